The zero-order chi connectivity index (χ0) is 5.28. The second kappa shape index (κ2) is 1.76. The van der Waals surface area contributed by atoms with Crippen LogP contribution in [0.15, 0.2) is 12.3 Å². The van der Waals surface area contributed by atoms with Crippen molar-refractivity contribution in [3.8, 4) is 0 Å². The molecule has 1 aromatic heterocycles. The summed E-state index contributed by atoms with van der Waals surface area (Å²) in [5, 5.41) is 1.07. The van der Waals surface area contributed by atoms with Crippen LogP contribution in [0, 0.1) is 0 Å². The van der Waals surface area contributed by atoms with Crippen LogP contribution in [0.25, 0.3) is 0 Å². The second-order valence-electron chi connectivity index (χ2n) is 1.14. The van der Waals surface area contributed by atoms with Crippen molar-refractivity contribution < 1.29 is 0 Å². The molecule has 1 aromatic rings. The van der Waals surface area contributed by atoms with Gasteiger partial charge in [0.25, 0.3) is 0 Å². The molecule has 38 valence electrons. The van der Waals surface area contributed by atoms with Crippen molar-refractivity contribution in [1.82, 2.24) is 4.98 Å². The van der Waals surface area contributed by atoms with E-state index >= 15 is 0 Å². The quantitative estimate of drug-likeness (QED) is 0.563. The van der Waals surface area contributed by atoms with Crippen LogP contribution in [0.5, 0.6) is 0 Å². The Balaban J connectivity index is 3.12. The highest BCUT2D eigenvalue weighted by Gasteiger charge is 1.91. The number of H-pyrrole nitrogens is 1. The summed E-state index contributed by atoms with van der Waals surface area (Å²) in [5.74, 6) is 0. The number of aromatic amines is 1. The van der Waals surface area contributed by atoms with E-state index in [1.54, 1.807) is 12.3 Å². The van der Waals surface area contributed by atoms with E-state index in [-0.39, 0.29) is 0 Å². The third-order valence-corrected chi connectivity index (χ3v) is 1.37. The lowest BCUT2D eigenvalue weighted by Gasteiger charge is -1.75. The molecule has 0 radical (unpaired) electrons. The molecule has 1 nitrogen and oxygen atoms in total. The minimum Gasteiger partial charge on any atom is -0.351 e. The van der Waals surface area contributed by atoms with Crippen molar-refractivity contribution in [1.29, 1.82) is 0 Å². The summed E-state index contributed by atoms with van der Waals surface area (Å²) in [4.78, 5) is 2.70. The Morgan fingerprint density at radius 2 is 2.14 bits per heavy atom. The van der Waals surface area contributed by atoms with Gasteiger partial charge in [-0.2, -0.15) is 0 Å². The summed E-state index contributed by atoms with van der Waals surface area (Å²) in [6, 6.07) is 1.70. The maximum Gasteiger partial charge on any atom is 0.125 e. The highest BCUT2D eigenvalue weighted by Crippen LogP contribution is 2.17. The van der Waals surface area contributed by atoms with E-state index in [2.05, 4.69) is 4.98 Å². The van der Waals surface area contributed by atoms with Gasteiger partial charge in [0.2, 0.25) is 0 Å². The second-order valence-corrected chi connectivity index (χ2v) is 1.92. The van der Waals surface area contributed by atoms with Crippen molar-refractivity contribution in [3.63, 3.8) is 0 Å². The first-order valence-electron chi connectivity index (χ1n) is 1.79. The SMILES string of the molecule is Clc1cc[nH]c1Cl. The number of aromatic nitrogens is 1. The molecule has 0 fully saturated rings. The summed E-state index contributed by atoms with van der Waals surface area (Å²) in [6.45, 7) is 0. The predicted octanol–water partition coefficient (Wildman–Crippen LogP) is 2.32. The topological polar surface area (TPSA) is 15.8 Å². The maximum absolute atomic E-state index is 5.46. The van der Waals surface area contributed by atoms with Gasteiger partial charge < -0.3 is 4.98 Å². The lowest BCUT2D eigenvalue weighted by Crippen LogP contribution is -1.54. The highest BCUT2D eigenvalue weighted by atomic mass is 35.5. The van der Waals surface area contributed by atoms with Gasteiger partial charge in [0.1, 0.15) is 5.15 Å². The number of halogens is 2. The predicted molar refractivity (Wildman–Crippen MR) is 30.8 cm³/mol. The lowest BCUT2D eigenvalue weighted by molar-refractivity contribution is 1.41. The van der Waals surface area contributed by atoms with Gasteiger partial charge in [-0.25, -0.2) is 0 Å². The van der Waals surface area contributed by atoms with Gasteiger partial charge in [-0.3, -0.25) is 0 Å². The molecule has 0 aliphatic rings. The average Bonchev–Trinajstić information content (AvgIpc) is 1.91. The number of nitrogens with one attached hydrogen (secondary N) is 1. The van der Waals surface area contributed by atoms with Crippen LogP contribution in [0.4, 0.5) is 0 Å². The van der Waals surface area contributed by atoms with Gasteiger partial charge >= 0.3 is 0 Å². The zero-order valence-corrected chi connectivity index (χ0v) is 4.92. The van der Waals surface area contributed by atoms with Crippen molar-refractivity contribution >= 4 is 23.2 Å². The highest BCUT2D eigenvalue weighted by molar-refractivity contribution is 6.41. The van der Waals surface area contributed by atoms with Crippen LogP contribution >= 0.6 is 23.2 Å². The molecule has 3 heteroatoms. The van der Waals surface area contributed by atoms with E-state index in [0.717, 1.165) is 0 Å². The first-order valence-corrected chi connectivity index (χ1v) is 2.54. The fourth-order valence-electron chi connectivity index (χ4n) is 0.330. The van der Waals surface area contributed by atoms with E-state index in [4.69, 9.17) is 23.2 Å². The molecule has 0 saturated heterocycles. The van der Waals surface area contributed by atoms with E-state index in [9.17, 15) is 0 Å². The summed E-state index contributed by atoms with van der Waals surface area (Å²) in [5.41, 5.74) is 0. The van der Waals surface area contributed by atoms with Crippen LogP contribution in [0.2, 0.25) is 10.2 Å². The van der Waals surface area contributed by atoms with E-state index in [0.29, 0.717) is 10.2 Å². The van der Waals surface area contributed by atoms with E-state index in [1.165, 1.54) is 0 Å². The standard InChI is InChI=1S/C4H3Cl2N/c5-3-1-2-7-4(3)6/h1-2,7H. The minimum absolute atomic E-state index is 0.502. The molecular weight excluding hydrogens is 133 g/mol. The number of hydrogen-bond donors (Lipinski definition) is 1. The van der Waals surface area contributed by atoms with Gasteiger partial charge in [-0.1, -0.05) is 23.2 Å². The lowest BCUT2D eigenvalue weighted by atomic mass is 10.7. The average molecular weight is 136 g/mol. The van der Waals surface area contributed by atoms with E-state index < -0.39 is 0 Å². The molecule has 0 saturated carbocycles. The van der Waals surface area contributed by atoms with Crippen LogP contribution < -0.4 is 0 Å². The molecule has 7 heavy (non-hydrogen) atoms. The Bertz CT molecular complexity index is 142. The summed E-state index contributed by atoms with van der Waals surface area (Å²) in [6.07, 6.45) is 1.69. The monoisotopic (exact) mass is 135 g/mol. The third-order valence-electron chi connectivity index (χ3n) is 0.649. The molecular formula is C4H3Cl2N. The molecule has 1 rings (SSSR count). The van der Waals surface area contributed by atoms with Crippen molar-refractivity contribution in [3.05, 3.63) is 22.4 Å². The molecule has 0 bridgehead atoms. The Morgan fingerprint density at radius 1 is 1.43 bits per heavy atom. The molecule has 0 amide bonds. The number of rotatable bonds is 0. The smallest absolute Gasteiger partial charge is 0.125 e. The van der Waals surface area contributed by atoms with Crippen molar-refractivity contribution in [2.75, 3.05) is 0 Å². The fourth-order valence-corrected chi connectivity index (χ4v) is 0.574. The van der Waals surface area contributed by atoms with Gasteiger partial charge in [0, 0.05) is 6.20 Å². The van der Waals surface area contributed by atoms with Crippen LogP contribution in [-0.4, -0.2) is 4.98 Å². The van der Waals surface area contributed by atoms with Gasteiger partial charge in [-0.05, 0) is 6.07 Å². The summed E-state index contributed by atoms with van der Waals surface area (Å²) < 4.78 is 0. The maximum atomic E-state index is 5.46. The van der Waals surface area contributed by atoms with Crippen molar-refractivity contribution in [2.45, 2.75) is 0 Å². The Morgan fingerprint density at radius 3 is 2.29 bits per heavy atom. The Labute approximate surface area is 51.2 Å². The zero-order valence-electron chi connectivity index (χ0n) is 3.41. The van der Waals surface area contributed by atoms with Crippen molar-refractivity contribution in [2.24, 2.45) is 0 Å². The molecule has 0 aromatic carbocycles. The molecule has 0 atom stereocenters. The Kier molecular flexibility index (Phi) is 1.26. The van der Waals surface area contributed by atoms with Gasteiger partial charge in [0.05, 0.1) is 5.02 Å². The summed E-state index contributed by atoms with van der Waals surface area (Å²) >= 11 is 10.9. The molecule has 1 N–H and O–H groups in total. The minimum atomic E-state index is 0.502. The molecule has 1 heterocycles. The van der Waals surface area contributed by atoms with Gasteiger partial charge in [0.15, 0.2) is 0 Å². The largest absolute Gasteiger partial charge is 0.351 e. The molecule has 0 aliphatic heterocycles. The van der Waals surface area contributed by atoms with E-state index in [1.807, 2.05) is 0 Å². The first kappa shape index (κ1) is 5.01. The number of hydrogen-bond acceptors (Lipinski definition) is 0. The Hall–Kier alpha value is -0.140. The molecule has 0 unspecified atom stereocenters. The fraction of sp³-hybridized carbons (Fsp3) is 0. The third kappa shape index (κ3) is 0.898. The van der Waals surface area contributed by atoms with Crippen LogP contribution in [0.1, 0.15) is 0 Å². The normalized spacial score (nSPS) is 9.43. The first-order chi connectivity index (χ1) is 3.30. The van der Waals surface area contributed by atoms with Crippen LogP contribution in [0.3, 0.4) is 0 Å². The summed E-state index contributed by atoms with van der Waals surface area (Å²) in [7, 11) is 0. The van der Waals surface area contributed by atoms with Crippen LogP contribution in [-0.2, 0) is 0 Å². The van der Waals surface area contributed by atoms with Gasteiger partial charge in [-0.15, -0.1) is 0 Å². The molecule has 0 aliphatic carbocycles. The molecule has 0 spiro atoms.